The zero-order chi connectivity index (χ0) is 8.81. The third kappa shape index (κ3) is 3.55. The number of piperazine rings is 1. The van der Waals surface area contributed by atoms with Crippen molar-refractivity contribution < 1.29 is 3.07 Å². The number of halogens is 1. The SMILES string of the molecule is CC[C@@H]1CN[C@@H](CCOI)CN1. The lowest BCUT2D eigenvalue weighted by atomic mass is 10.1. The van der Waals surface area contributed by atoms with Gasteiger partial charge >= 0.3 is 0 Å². The van der Waals surface area contributed by atoms with Gasteiger partial charge in [0, 0.05) is 25.2 Å². The van der Waals surface area contributed by atoms with E-state index in [0.29, 0.717) is 12.1 Å². The Kier molecular flexibility index (Phi) is 5.45. The van der Waals surface area contributed by atoms with Crippen LogP contribution >= 0.6 is 23.0 Å². The molecule has 3 nitrogen and oxygen atoms in total. The van der Waals surface area contributed by atoms with Crippen LogP contribution in [0.15, 0.2) is 0 Å². The van der Waals surface area contributed by atoms with Gasteiger partial charge in [-0.25, -0.2) is 0 Å². The summed E-state index contributed by atoms with van der Waals surface area (Å²) in [6.45, 7) is 5.24. The van der Waals surface area contributed by atoms with E-state index in [9.17, 15) is 0 Å². The van der Waals surface area contributed by atoms with Gasteiger partial charge in [-0.3, -0.25) is 0 Å². The minimum Gasteiger partial charge on any atom is -0.316 e. The molecule has 0 aliphatic carbocycles. The summed E-state index contributed by atoms with van der Waals surface area (Å²) in [5, 5.41) is 7.02. The van der Waals surface area contributed by atoms with Crippen LogP contribution < -0.4 is 10.6 Å². The van der Waals surface area contributed by atoms with Crippen molar-refractivity contribution in [3.05, 3.63) is 0 Å². The van der Waals surface area contributed by atoms with Gasteiger partial charge in [-0.1, -0.05) is 6.92 Å². The van der Waals surface area contributed by atoms with Crippen molar-refractivity contribution >= 4 is 23.0 Å². The lowest BCUT2D eigenvalue weighted by Gasteiger charge is -2.30. The zero-order valence-electron chi connectivity index (χ0n) is 7.48. The molecule has 12 heavy (non-hydrogen) atoms. The van der Waals surface area contributed by atoms with Crippen LogP contribution in [0.3, 0.4) is 0 Å². The molecule has 2 atom stereocenters. The second-order valence-electron chi connectivity index (χ2n) is 3.22. The van der Waals surface area contributed by atoms with E-state index in [0.717, 1.165) is 26.1 Å². The average Bonchev–Trinajstić information content (AvgIpc) is 2.15. The number of hydrogen-bond donors (Lipinski definition) is 2. The van der Waals surface area contributed by atoms with Crippen molar-refractivity contribution in [2.75, 3.05) is 19.7 Å². The first-order chi connectivity index (χ1) is 5.86. The largest absolute Gasteiger partial charge is 0.316 e. The van der Waals surface area contributed by atoms with E-state index in [1.807, 2.05) is 23.0 Å². The molecule has 4 heteroatoms. The Morgan fingerprint density at radius 2 is 2.00 bits per heavy atom. The molecular weight excluding hydrogens is 267 g/mol. The number of rotatable bonds is 4. The summed E-state index contributed by atoms with van der Waals surface area (Å²) in [5.74, 6) is 0. The molecule has 1 fully saturated rings. The minimum atomic E-state index is 0.600. The highest BCUT2D eigenvalue weighted by atomic mass is 127. The van der Waals surface area contributed by atoms with E-state index in [2.05, 4.69) is 17.6 Å². The second kappa shape index (κ2) is 6.12. The highest BCUT2D eigenvalue weighted by Crippen LogP contribution is 2.01. The van der Waals surface area contributed by atoms with Crippen LogP contribution in [0.2, 0.25) is 0 Å². The zero-order valence-corrected chi connectivity index (χ0v) is 9.63. The monoisotopic (exact) mass is 284 g/mol. The molecular formula is C8H17IN2O. The van der Waals surface area contributed by atoms with Crippen LogP contribution in [0.25, 0.3) is 0 Å². The molecule has 0 aromatic carbocycles. The van der Waals surface area contributed by atoms with Crippen LogP contribution in [0.1, 0.15) is 19.8 Å². The van der Waals surface area contributed by atoms with Gasteiger partial charge in [-0.15, -0.1) is 0 Å². The summed E-state index contributed by atoms with van der Waals surface area (Å²) in [4.78, 5) is 0. The van der Waals surface area contributed by atoms with Crippen molar-refractivity contribution in [1.29, 1.82) is 0 Å². The Bertz CT molecular complexity index is 116. The van der Waals surface area contributed by atoms with Crippen molar-refractivity contribution in [3.8, 4) is 0 Å². The number of hydrogen-bond acceptors (Lipinski definition) is 3. The van der Waals surface area contributed by atoms with Crippen LogP contribution in [0.5, 0.6) is 0 Å². The molecule has 0 amide bonds. The van der Waals surface area contributed by atoms with Crippen molar-refractivity contribution in [1.82, 2.24) is 10.6 Å². The highest BCUT2D eigenvalue weighted by Gasteiger charge is 2.17. The van der Waals surface area contributed by atoms with E-state index < -0.39 is 0 Å². The molecule has 2 N–H and O–H groups in total. The first-order valence-electron chi connectivity index (χ1n) is 4.57. The molecule has 0 unspecified atom stereocenters. The van der Waals surface area contributed by atoms with Gasteiger partial charge in [0.05, 0.1) is 6.61 Å². The fourth-order valence-electron chi connectivity index (χ4n) is 1.44. The topological polar surface area (TPSA) is 33.3 Å². The maximum absolute atomic E-state index is 5.00. The maximum Gasteiger partial charge on any atom is 0.109 e. The molecule has 1 aliphatic heterocycles. The predicted molar refractivity (Wildman–Crippen MR) is 58.5 cm³/mol. The summed E-state index contributed by atoms with van der Waals surface area (Å²) in [5.41, 5.74) is 0. The number of nitrogens with one attached hydrogen (secondary N) is 2. The molecule has 0 radical (unpaired) electrons. The Balaban J connectivity index is 2.09. The summed E-state index contributed by atoms with van der Waals surface area (Å²) < 4.78 is 5.00. The van der Waals surface area contributed by atoms with Crippen LogP contribution in [-0.2, 0) is 3.07 Å². The van der Waals surface area contributed by atoms with Gasteiger partial charge in [0.2, 0.25) is 0 Å². The Morgan fingerprint density at radius 3 is 2.50 bits per heavy atom. The summed E-state index contributed by atoms with van der Waals surface area (Å²) in [6, 6.07) is 1.27. The minimum absolute atomic E-state index is 0.600. The van der Waals surface area contributed by atoms with E-state index in [1.54, 1.807) is 0 Å². The van der Waals surface area contributed by atoms with Gasteiger partial charge in [0.25, 0.3) is 0 Å². The molecule has 0 aromatic rings. The molecule has 0 saturated carbocycles. The predicted octanol–water partition coefficient (Wildman–Crippen LogP) is 1.08. The molecule has 1 aliphatic rings. The van der Waals surface area contributed by atoms with Gasteiger partial charge < -0.3 is 13.7 Å². The standard InChI is InChI=1S/C8H17IN2O/c1-2-7-5-11-8(6-10-7)3-4-12-9/h7-8,10-11H,2-6H2,1H3/t7-,8+/m1/s1. The van der Waals surface area contributed by atoms with E-state index in [4.69, 9.17) is 3.07 Å². The molecule has 0 spiro atoms. The Labute approximate surface area is 88.3 Å². The normalized spacial score (nSPS) is 30.5. The molecule has 1 rings (SSSR count). The third-order valence-corrected chi connectivity index (χ3v) is 2.78. The Hall–Kier alpha value is 0.610. The maximum atomic E-state index is 5.00. The lowest BCUT2D eigenvalue weighted by molar-refractivity contribution is 0.295. The quantitative estimate of drug-likeness (QED) is 0.758. The van der Waals surface area contributed by atoms with Crippen LogP contribution in [0, 0.1) is 0 Å². The third-order valence-electron chi connectivity index (χ3n) is 2.34. The molecule has 0 aromatic heterocycles. The molecule has 1 heterocycles. The van der Waals surface area contributed by atoms with Crippen molar-refractivity contribution in [2.45, 2.75) is 31.8 Å². The van der Waals surface area contributed by atoms with Gasteiger partial charge in [-0.05, 0) is 12.8 Å². The molecule has 0 bridgehead atoms. The first-order valence-corrected chi connectivity index (χ1v) is 5.45. The molecule has 1 saturated heterocycles. The second-order valence-corrected chi connectivity index (χ2v) is 3.84. The van der Waals surface area contributed by atoms with E-state index >= 15 is 0 Å². The van der Waals surface area contributed by atoms with Crippen LogP contribution in [0.4, 0.5) is 0 Å². The lowest BCUT2D eigenvalue weighted by Crippen LogP contribution is -2.54. The Morgan fingerprint density at radius 1 is 1.33 bits per heavy atom. The van der Waals surface area contributed by atoms with Gasteiger partial charge in [0.15, 0.2) is 0 Å². The smallest absolute Gasteiger partial charge is 0.109 e. The van der Waals surface area contributed by atoms with E-state index in [-0.39, 0.29) is 0 Å². The van der Waals surface area contributed by atoms with E-state index in [1.165, 1.54) is 6.42 Å². The average molecular weight is 284 g/mol. The fraction of sp³-hybridized carbons (Fsp3) is 1.00. The van der Waals surface area contributed by atoms with Crippen molar-refractivity contribution in [2.24, 2.45) is 0 Å². The van der Waals surface area contributed by atoms with Crippen molar-refractivity contribution in [3.63, 3.8) is 0 Å². The first kappa shape index (κ1) is 10.7. The molecule has 72 valence electrons. The van der Waals surface area contributed by atoms with Gasteiger partial charge in [-0.2, -0.15) is 0 Å². The summed E-state index contributed by atoms with van der Waals surface area (Å²) in [6.07, 6.45) is 2.31. The fourth-order valence-corrected chi connectivity index (χ4v) is 1.70. The highest BCUT2D eigenvalue weighted by molar-refractivity contribution is 14.1. The van der Waals surface area contributed by atoms with Gasteiger partial charge in [0.1, 0.15) is 23.0 Å². The summed E-state index contributed by atoms with van der Waals surface area (Å²) >= 11 is 1.95. The summed E-state index contributed by atoms with van der Waals surface area (Å²) in [7, 11) is 0. The van der Waals surface area contributed by atoms with Crippen LogP contribution in [-0.4, -0.2) is 31.8 Å².